The number of carbonyl (C=O) groups is 1. The van der Waals surface area contributed by atoms with Crippen LogP contribution in [0, 0.1) is 16.0 Å². The van der Waals surface area contributed by atoms with Crippen LogP contribution in [0.4, 0.5) is 5.69 Å². The molecule has 0 radical (unpaired) electrons. The minimum atomic E-state index is -0.489. The standard InChI is InChI=1S/C16H21NO4/c1-2-15(18)14-10-13(17(19)20)8-9-16(14)21-11-12-6-4-3-5-7-12/h8-10,12H,2-7,11H2,1H3. The Morgan fingerprint density at radius 3 is 2.67 bits per heavy atom. The second-order valence-corrected chi connectivity index (χ2v) is 5.53. The first kappa shape index (κ1) is 15.5. The highest BCUT2D eigenvalue weighted by Gasteiger charge is 2.19. The average Bonchev–Trinajstić information content (AvgIpc) is 2.52. The number of hydrogen-bond donors (Lipinski definition) is 0. The molecule has 1 aromatic rings. The molecule has 0 atom stereocenters. The van der Waals surface area contributed by atoms with E-state index in [-0.39, 0.29) is 11.5 Å². The first-order chi connectivity index (χ1) is 10.1. The number of carbonyl (C=O) groups excluding carboxylic acids is 1. The van der Waals surface area contributed by atoms with E-state index in [2.05, 4.69) is 0 Å². The van der Waals surface area contributed by atoms with E-state index in [0.29, 0.717) is 30.3 Å². The molecule has 1 fully saturated rings. The van der Waals surface area contributed by atoms with Gasteiger partial charge in [-0.25, -0.2) is 0 Å². The summed E-state index contributed by atoms with van der Waals surface area (Å²) < 4.78 is 5.79. The van der Waals surface area contributed by atoms with Crippen LogP contribution in [0.2, 0.25) is 0 Å². The van der Waals surface area contributed by atoms with Crippen LogP contribution in [-0.4, -0.2) is 17.3 Å². The highest BCUT2D eigenvalue weighted by molar-refractivity contribution is 5.99. The fraction of sp³-hybridized carbons (Fsp3) is 0.562. The maximum Gasteiger partial charge on any atom is 0.270 e. The largest absolute Gasteiger partial charge is 0.493 e. The highest BCUT2D eigenvalue weighted by atomic mass is 16.6. The molecule has 0 saturated heterocycles. The molecule has 0 aliphatic heterocycles. The van der Waals surface area contributed by atoms with Gasteiger partial charge in [0, 0.05) is 18.6 Å². The summed E-state index contributed by atoms with van der Waals surface area (Å²) in [6.07, 6.45) is 6.37. The quantitative estimate of drug-likeness (QED) is 0.448. The fourth-order valence-corrected chi connectivity index (χ4v) is 2.73. The van der Waals surface area contributed by atoms with E-state index < -0.39 is 4.92 Å². The maximum absolute atomic E-state index is 12.0. The lowest BCUT2D eigenvalue weighted by molar-refractivity contribution is -0.384. The second-order valence-electron chi connectivity index (χ2n) is 5.53. The van der Waals surface area contributed by atoms with Crippen molar-refractivity contribution in [2.24, 2.45) is 5.92 Å². The number of nitrogens with zero attached hydrogens (tertiary/aromatic N) is 1. The summed E-state index contributed by atoms with van der Waals surface area (Å²) in [6, 6.07) is 4.26. The van der Waals surface area contributed by atoms with Crippen LogP contribution in [0.3, 0.4) is 0 Å². The Balaban J connectivity index is 2.13. The van der Waals surface area contributed by atoms with Gasteiger partial charge in [0.1, 0.15) is 5.75 Å². The maximum atomic E-state index is 12.0. The summed E-state index contributed by atoms with van der Waals surface area (Å²) in [5.74, 6) is 0.869. The van der Waals surface area contributed by atoms with Crippen LogP contribution in [0.15, 0.2) is 18.2 Å². The highest BCUT2D eigenvalue weighted by Crippen LogP contribution is 2.28. The van der Waals surface area contributed by atoms with Crippen LogP contribution >= 0.6 is 0 Å². The van der Waals surface area contributed by atoms with Crippen LogP contribution in [0.1, 0.15) is 55.8 Å². The predicted molar refractivity (Wildman–Crippen MR) is 79.8 cm³/mol. The van der Waals surface area contributed by atoms with Gasteiger partial charge in [-0.1, -0.05) is 26.2 Å². The first-order valence-corrected chi connectivity index (χ1v) is 7.56. The van der Waals surface area contributed by atoms with Crippen molar-refractivity contribution in [3.63, 3.8) is 0 Å². The molecule has 0 amide bonds. The van der Waals surface area contributed by atoms with Crippen LogP contribution in [-0.2, 0) is 0 Å². The van der Waals surface area contributed by atoms with E-state index in [4.69, 9.17) is 4.74 Å². The molecule has 0 spiro atoms. The molecule has 1 aliphatic carbocycles. The van der Waals surface area contributed by atoms with Crippen LogP contribution in [0.5, 0.6) is 5.75 Å². The van der Waals surface area contributed by atoms with Gasteiger partial charge in [0.25, 0.3) is 5.69 Å². The number of non-ortho nitro benzene ring substituents is 1. The Morgan fingerprint density at radius 2 is 2.05 bits per heavy atom. The van der Waals surface area contributed by atoms with Gasteiger partial charge in [-0.05, 0) is 24.8 Å². The summed E-state index contributed by atoms with van der Waals surface area (Å²) in [5, 5.41) is 10.8. The molecule has 1 aromatic carbocycles. The van der Waals surface area contributed by atoms with Crippen molar-refractivity contribution in [1.29, 1.82) is 0 Å². The van der Waals surface area contributed by atoms with Crippen molar-refractivity contribution < 1.29 is 14.5 Å². The van der Waals surface area contributed by atoms with Crippen LogP contribution < -0.4 is 4.74 Å². The molecule has 1 saturated carbocycles. The molecule has 0 N–H and O–H groups in total. The Labute approximate surface area is 124 Å². The van der Waals surface area contributed by atoms with Gasteiger partial charge in [0.2, 0.25) is 0 Å². The third kappa shape index (κ3) is 4.03. The van der Waals surface area contributed by atoms with Gasteiger partial charge < -0.3 is 4.74 Å². The number of rotatable bonds is 6. The minimum Gasteiger partial charge on any atom is -0.493 e. The molecule has 1 aliphatic rings. The van der Waals surface area contributed by atoms with Crippen molar-refractivity contribution in [3.05, 3.63) is 33.9 Å². The monoisotopic (exact) mass is 291 g/mol. The number of nitro benzene ring substituents is 1. The van der Waals surface area contributed by atoms with Gasteiger partial charge in [0.05, 0.1) is 17.1 Å². The van der Waals surface area contributed by atoms with Gasteiger partial charge in [-0.2, -0.15) is 0 Å². The Kier molecular flexibility index (Phi) is 5.31. The Morgan fingerprint density at radius 1 is 1.33 bits per heavy atom. The molecule has 5 heteroatoms. The molecule has 2 rings (SSSR count). The van der Waals surface area contributed by atoms with E-state index >= 15 is 0 Å². The van der Waals surface area contributed by atoms with E-state index in [0.717, 1.165) is 12.8 Å². The molecule has 0 aromatic heterocycles. The van der Waals surface area contributed by atoms with Crippen molar-refractivity contribution in [2.45, 2.75) is 45.4 Å². The van der Waals surface area contributed by atoms with E-state index in [1.807, 2.05) is 0 Å². The first-order valence-electron chi connectivity index (χ1n) is 7.56. The number of benzene rings is 1. The SMILES string of the molecule is CCC(=O)c1cc([N+](=O)[O-])ccc1OCC1CCCCC1. The van der Waals surface area contributed by atoms with Gasteiger partial charge >= 0.3 is 0 Å². The fourth-order valence-electron chi connectivity index (χ4n) is 2.73. The van der Waals surface area contributed by atoms with Gasteiger partial charge in [-0.15, -0.1) is 0 Å². The summed E-state index contributed by atoms with van der Waals surface area (Å²) in [7, 11) is 0. The lowest BCUT2D eigenvalue weighted by Gasteiger charge is -2.22. The zero-order chi connectivity index (χ0) is 15.2. The molecule has 0 bridgehead atoms. The summed E-state index contributed by atoms with van der Waals surface area (Å²) in [4.78, 5) is 22.3. The molecule has 0 heterocycles. The number of ether oxygens (including phenoxy) is 1. The zero-order valence-corrected chi connectivity index (χ0v) is 12.3. The molecular formula is C16H21NO4. The van der Waals surface area contributed by atoms with Gasteiger partial charge in [-0.3, -0.25) is 14.9 Å². The van der Waals surface area contributed by atoms with Gasteiger partial charge in [0.15, 0.2) is 5.78 Å². The number of ketones is 1. The van der Waals surface area contributed by atoms with Crippen molar-refractivity contribution in [1.82, 2.24) is 0 Å². The lowest BCUT2D eigenvalue weighted by Crippen LogP contribution is -2.16. The number of Topliss-reactive ketones (excluding diaryl/α,β-unsaturated/α-hetero) is 1. The molecular weight excluding hydrogens is 270 g/mol. The second kappa shape index (κ2) is 7.20. The summed E-state index contributed by atoms with van der Waals surface area (Å²) >= 11 is 0. The Hall–Kier alpha value is -1.91. The molecule has 0 unspecified atom stereocenters. The smallest absolute Gasteiger partial charge is 0.270 e. The van der Waals surface area contributed by atoms with Crippen LogP contribution in [0.25, 0.3) is 0 Å². The number of nitro groups is 1. The van der Waals surface area contributed by atoms with E-state index in [1.165, 1.54) is 31.4 Å². The molecule has 5 nitrogen and oxygen atoms in total. The predicted octanol–water partition coefficient (Wildman–Crippen LogP) is 4.15. The average molecular weight is 291 g/mol. The number of hydrogen-bond acceptors (Lipinski definition) is 4. The van der Waals surface area contributed by atoms with Crippen molar-refractivity contribution in [3.8, 4) is 5.75 Å². The molecule has 114 valence electrons. The Bertz CT molecular complexity index is 521. The normalized spacial score (nSPS) is 15.7. The van der Waals surface area contributed by atoms with Crippen molar-refractivity contribution >= 4 is 11.5 Å². The summed E-state index contributed by atoms with van der Waals surface area (Å²) in [6.45, 7) is 2.33. The third-order valence-electron chi connectivity index (χ3n) is 3.99. The van der Waals surface area contributed by atoms with E-state index in [9.17, 15) is 14.9 Å². The summed E-state index contributed by atoms with van der Waals surface area (Å²) in [5.41, 5.74) is 0.249. The van der Waals surface area contributed by atoms with Crippen molar-refractivity contribution in [2.75, 3.05) is 6.61 Å². The van der Waals surface area contributed by atoms with E-state index in [1.54, 1.807) is 13.0 Å². The molecule has 21 heavy (non-hydrogen) atoms. The minimum absolute atomic E-state index is 0.0724. The zero-order valence-electron chi connectivity index (χ0n) is 12.3. The lowest BCUT2D eigenvalue weighted by atomic mass is 9.90. The third-order valence-corrected chi connectivity index (χ3v) is 3.99. The topological polar surface area (TPSA) is 69.4 Å².